The minimum Gasteiger partial charge on any atom is -0.330 e. The van der Waals surface area contributed by atoms with Gasteiger partial charge in [-0.05, 0) is 17.7 Å². The predicted octanol–water partition coefficient (Wildman–Crippen LogP) is 6.54. The molecule has 28 heavy (non-hydrogen) atoms. The van der Waals surface area contributed by atoms with E-state index in [4.69, 9.17) is 4.98 Å². The standard InChI is InChI=1S/C25H24N2S/c1-4-11-21(12-5-1)19-28-18-10-17-27-20-26-24(22-13-6-2-7-14-22)25(27)23-15-8-3-9-16-23/h1-9,11-16,20H,10,17-19H2. The molecule has 0 atom stereocenters. The Morgan fingerprint density at radius 2 is 1.32 bits per heavy atom. The minimum absolute atomic E-state index is 0.978. The number of aryl methyl sites for hydroxylation is 1. The van der Waals surface area contributed by atoms with Gasteiger partial charge in [-0.25, -0.2) is 4.98 Å². The maximum Gasteiger partial charge on any atom is 0.0963 e. The summed E-state index contributed by atoms with van der Waals surface area (Å²) >= 11 is 2.00. The number of imidazole rings is 1. The van der Waals surface area contributed by atoms with E-state index in [9.17, 15) is 0 Å². The largest absolute Gasteiger partial charge is 0.330 e. The van der Waals surface area contributed by atoms with Crippen LogP contribution in [0.2, 0.25) is 0 Å². The zero-order valence-corrected chi connectivity index (χ0v) is 16.7. The molecule has 0 unspecified atom stereocenters. The monoisotopic (exact) mass is 384 g/mol. The lowest BCUT2D eigenvalue weighted by Gasteiger charge is -2.11. The van der Waals surface area contributed by atoms with E-state index < -0.39 is 0 Å². The molecule has 0 spiro atoms. The number of aromatic nitrogens is 2. The Kier molecular flexibility index (Phi) is 6.25. The molecular weight excluding hydrogens is 360 g/mol. The van der Waals surface area contributed by atoms with Crippen LogP contribution >= 0.6 is 11.8 Å². The lowest BCUT2D eigenvalue weighted by Crippen LogP contribution is -2.01. The summed E-state index contributed by atoms with van der Waals surface area (Å²) in [5, 5.41) is 0. The lowest BCUT2D eigenvalue weighted by atomic mass is 10.0. The van der Waals surface area contributed by atoms with E-state index in [2.05, 4.69) is 89.5 Å². The Labute approximate surface area is 171 Å². The summed E-state index contributed by atoms with van der Waals surface area (Å²) < 4.78 is 2.31. The quantitative estimate of drug-likeness (QED) is 0.321. The second-order valence-corrected chi connectivity index (χ2v) is 7.86. The number of benzene rings is 3. The van der Waals surface area contributed by atoms with Crippen LogP contribution in [0.5, 0.6) is 0 Å². The summed E-state index contributed by atoms with van der Waals surface area (Å²) in [6.45, 7) is 0.978. The van der Waals surface area contributed by atoms with E-state index in [0.29, 0.717) is 0 Å². The second kappa shape index (κ2) is 9.43. The van der Waals surface area contributed by atoms with E-state index in [-0.39, 0.29) is 0 Å². The molecule has 0 aliphatic rings. The average Bonchev–Trinajstić information content (AvgIpc) is 3.19. The van der Waals surface area contributed by atoms with Crippen molar-refractivity contribution in [3.05, 3.63) is 103 Å². The molecule has 140 valence electrons. The Morgan fingerprint density at radius 3 is 2.00 bits per heavy atom. The highest BCUT2D eigenvalue weighted by Gasteiger charge is 2.14. The van der Waals surface area contributed by atoms with Gasteiger partial charge < -0.3 is 4.57 Å². The first-order chi connectivity index (χ1) is 13.9. The number of rotatable bonds is 8. The summed E-state index contributed by atoms with van der Waals surface area (Å²) in [7, 11) is 0. The van der Waals surface area contributed by atoms with Gasteiger partial charge in [0.15, 0.2) is 0 Å². The molecule has 4 aromatic rings. The molecule has 0 fully saturated rings. The van der Waals surface area contributed by atoms with Crippen molar-refractivity contribution in [1.82, 2.24) is 9.55 Å². The molecule has 0 aliphatic carbocycles. The van der Waals surface area contributed by atoms with Crippen molar-refractivity contribution in [1.29, 1.82) is 0 Å². The van der Waals surface area contributed by atoms with Gasteiger partial charge in [-0.15, -0.1) is 0 Å². The van der Waals surface area contributed by atoms with Crippen molar-refractivity contribution in [2.24, 2.45) is 0 Å². The number of hydrogen-bond donors (Lipinski definition) is 0. The van der Waals surface area contributed by atoms with E-state index in [1.165, 1.54) is 22.4 Å². The summed E-state index contributed by atoms with van der Waals surface area (Å²) in [4.78, 5) is 4.77. The second-order valence-electron chi connectivity index (χ2n) is 6.76. The molecule has 3 heteroatoms. The van der Waals surface area contributed by atoms with Crippen molar-refractivity contribution < 1.29 is 0 Å². The van der Waals surface area contributed by atoms with Gasteiger partial charge in [-0.3, -0.25) is 0 Å². The van der Waals surface area contributed by atoms with Crippen LogP contribution in [0.15, 0.2) is 97.3 Å². The molecule has 3 aromatic carbocycles. The molecule has 1 aromatic heterocycles. The van der Waals surface area contributed by atoms with Crippen LogP contribution in [0.3, 0.4) is 0 Å². The molecular formula is C25H24N2S. The van der Waals surface area contributed by atoms with Crippen molar-refractivity contribution >= 4 is 11.8 Å². The van der Waals surface area contributed by atoms with Crippen LogP contribution in [0.4, 0.5) is 0 Å². The molecule has 1 heterocycles. The molecule has 0 aliphatic heterocycles. The molecule has 0 saturated carbocycles. The smallest absolute Gasteiger partial charge is 0.0963 e. The highest BCUT2D eigenvalue weighted by atomic mass is 32.2. The van der Waals surface area contributed by atoms with Crippen LogP contribution in [0.25, 0.3) is 22.5 Å². The van der Waals surface area contributed by atoms with Crippen LogP contribution in [0.1, 0.15) is 12.0 Å². The van der Waals surface area contributed by atoms with E-state index >= 15 is 0 Å². The van der Waals surface area contributed by atoms with Gasteiger partial charge in [-0.2, -0.15) is 11.8 Å². The molecule has 4 rings (SSSR count). The molecule has 2 nitrogen and oxygen atoms in total. The highest BCUT2D eigenvalue weighted by Crippen LogP contribution is 2.31. The topological polar surface area (TPSA) is 17.8 Å². The molecule has 0 amide bonds. The molecule has 0 saturated heterocycles. The van der Waals surface area contributed by atoms with E-state index in [1.54, 1.807) is 0 Å². The van der Waals surface area contributed by atoms with Crippen molar-refractivity contribution in [3.63, 3.8) is 0 Å². The summed E-state index contributed by atoms with van der Waals surface area (Å²) in [6, 6.07) is 31.7. The first-order valence-electron chi connectivity index (χ1n) is 9.69. The first kappa shape index (κ1) is 18.6. The third-order valence-electron chi connectivity index (χ3n) is 4.73. The lowest BCUT2D eigenvalue weighted by molar-refractivity contribution is 0.689. The van der Waals surface area contributed by atoms with Gasteiger partial charge in [0.05, 0.1) is 17.7 Å². The van der Waals surface area contributed by atoms with Crippen molar-refractivity contribution in [3.8, 4) is 22.5 Å². The van der Waals surface area contributed by atoms with Crippen molar-refractivity contribution in [2.75, 3.05) is 5.75 Å². The van der Waals surface area contributed by atoms with Gasteiger partial charge in [-0.1, -0.05) is 91.0 Å². The van der Waals surface area contributed by atoms with Gasteiger partial charge in [0.25, 0.3) is 0 Å². The third-order valence-corrected chi connectivity index (χ3v) is 5.85. The third kappa shape index (κ3) is 4.55. The van der Waals surface area contributed by atoms with Gasteiger partial charge in [0.1, 0.15) is 0 Å². The predicted molar refractivity (Wildman–Crippen MR) is 120 cm³/mol. The average molecular weight is 385 g/mol. The summed E-state index contributed by atoms with van der Waals surface area (Å²) in [6.07, 6.45) is 3.12. The maximum absolute atomic E-state index is 4.77. The molecule has 0 bridgehead atoms. The van der Waals surface area contributed by atoms with Crippen molar-refractivity contribution in [2.45, 2.75) is 18.7 Å². The zero-order valence-electron chi connectivity index (χ0n) is 15.9. The SMILES string of the molecule is c1ccc(CSCCCn2cnc(-c3ccccc3)c2-c2ccccc2)cc1. The Bertz CT molecular complexity index is 979. The minimum atomic E-state index is 0.978. The van der Waals surface area contributed by atoms with E-state index in [1.807, 2.05) is 24.2 Å². The summed E-state index contributed by atoms with van der Waals surface area (Å²) in [5.41, 5.74) is 6.05. The number of hydrogen-bond acceptors (Lipinski definition) is 2. The van der Waals surface area contributed by atoms with Gasteiger partial charge in [0.2, 0.25) is 0 Å². The number of thioether (sulfide) groups is 1. The van der Waals surface area contributed by atoms with Crippen LogP contribution in [-0.2, 0) is 12.3 Å². The fourth-order valence-corrected chi connectivity index (χ4v) is 4.26. The Balaban J connectivity index is 1.47. The Morgan fingerprint density at radius 1 is 0.714 bits per heavy atom. The molecule has 0 N–H and O–H groups in total. The van der Waals surface area contributed by atoms with Gasteiger partial charge >= 0.3 is 0 Å². The summed E-state index contributed by atoms with van der Waals surface area (Å²) in [5.74, 6) is 2.22. The zero-order chi connectivity index (χ0) is 19.0. The maximum atomic E-state index is 4.77. The first-order valence-corrected chi connectivity index (χ1v) is 10.8. The fraction of sp³-hybridized carbons (Fsp3) is 0.160. The number of nitrogens with zero attached hydrogens (tertiary/aromatic N) is 2. The van der Waals surface area contributed by atoms with Crippen LogP contribution in [0, 0.1) is 0 Å². The van der Waals surface area contributed by atoms with Crippen LogP contribution < -0.4 is 0 Å². The normalized spacial score (nSPS) is 10.9. The molecule has 0 radical (unpaired) electrons. The van der Waals surface area contributed by atoms with E-state index in [0.717, 1.165) is 30.2 Å². The Hall–Kier alpha value is -2.78. The van der Waals surface area contributed by atoms with Crippen LogP contribution in [-0.4, -0.2) is 15.3 Å². The fourth-order valence-electron chi connectivity index (χ4n) is 3.36. The highest BCUT2D eigenvalue weighted by molar-refractivity contribution is 7.98. The van der Waals surface area contributed by atoms with Gasteiger partial charge in [0, 0.05) is 23.4 Å².